The van der Waals surface area contributed by atoms with Crippen molar-refractivity contribution in [2.24, 2.45) is 0 Å². The summed E-state index contributed by atoms with van der Waals surface area (Å²) in [5.74, 6) is -0.457. The Morgan fingerprint density at radius 1 is 1.52 bits per heavy atom. The zero-order chi connectivity index (χ0) is 15.0. The van der Waals surface area contributed by atoms with Crippen molar-refractivity contribution in [3.05, 3.63) is 34.6 Å². The molecule has 112 valence electrons. The number of ether oxygens (including phenoxy) is 1. The molecule has 0 spiro atoms. The Morgan fingerprint density at radius 3 is 3.10 bits per heavy atom. The van der Waals surface area contributed by atoms with E-state index in [2.05, 4.69) is 17.1 Å². The summed E-state index contributed by atoms with van der Waals surface area (Å²) < 4.78 is 19.7. The quantitative estimate of drug-likeness (QED) is 0.855. The fourth-order valence-corrected chi connectivity index (χ4v) is 3.31. The van der Waals surface area contributed by atoms with Gasteiger partial charge in [0.15, 0.2) is 0 Å². The molecule has 0 amide bonds. The van der Waals surface area contributed by atoms with E-state index in [0.29, 0.717) is 12.2 Å². The van der Waals surface area contributed by atoms with Gasteiger partial charge >= 0.3 is 0 Å². The first kappa shape index (κ1) is 14.5. The molecule has 3 rings (SSSR count). The molecule has 0 unspecified atom stereocenters. The average Bonchev–Trinajstić information content (AvgIpc) is 2.47. The Labute approximate surface area is 124 Å². The lowest BCUT2D eigenvalue weighted by atomic mass is 9.92. The number of morpholine rings is 1. The van der Waals surface area contributed by atoms with Gasteiger partial charge in [-0.05, 0) is 31.0 Å². The van der Waals surface area contributed by atoms with Crippen LogP contribution in [0.15, 0.2) is 12.1 Å². The van der Waals surface area contributed by atoms with Crippen LogP contribution in [0.25, 0.3) is 0 Å². The first-order chi connectivity index (χ1) is 10.0. The summed E-state index contributed by atoms with van der Waals surface area (Å²) in [6.45, 7) is 8.32. The van der Waals surface area contributed by atoms with E-state index in [4.69, 9.17) is 10.00 Å². The minimum absolute atomic E-state index is 0.0285. The van der Waals surface area contributed by atoms with Crippen LogP contribution in [0.2, 0.25) is 0 Å². The van der Waals surface area contributed by atoms with Crippen molar-refractivity contribution in [1.82, 2.24) is 10.2 Å². The molecule has 1 N–H and O–H groups in total. The van der Waals surface area contributed by atoms with E-state index in [0.717, 1.165) is 31.7 Å². The lowest BCUT2D eigenvalue weighted by molar-refractivity contribution is -0.115. The van der Waals surface area contributed by atoms with Gasteiger partial charge in [-0.2, -0.15) is 5.26 Å². The van der Waals surface area contributed by atoms with Crippen LogP contribution in [0.5, 0.6) is 0 Å². The third kappa shape index (κ3) is 2.44. The Bertz CT molecular complexity index is 598. The van der Waals surface area contributed by atoms with Gasteiger partial charge < -0.3 is 10.1 Å². The maximum Gasteiger partial charge on any atom is 0.141 e. The largest absolute Gasteiger partial charge is 0.370 e. The minimum Gasteiger partial charge on any atom is -0.370 e. The Kier molecular flexibility index (Phi) is 3.70. The standard InChI is InChI=1S/C16H20FN3O/c1-11-12(3-4-14(17)13(11)7-18)15-8-20-6-5-19-9-16(20,2)10-21-15/h3-4,15,19H,5-6,8-10H2,1-2H3/t15-,16-/m1/s1. The number of fused-ring (bicyclic) bond motifs is 1. The second kappa shape index (κ2) is 5.38. The van der Waals surface area contributed by atoms with E-state index in [-0.39, 0.29) is 17.2 Å². The summed E-state index contributed by atoms with van der Waals surface area (Å²) in [4.78, 5) is 2.44. The summed E-state index contributed by atoms with van der Waals surface area (Å²) in [5.41, 5.74) is 1.78. The number of nitriles is 1. The number of hydrogen-bond acceptors (Lipinski definition) is 4. The fraction of sp³-hybridized carbons (Fsp3) is 0.562. The highest BCUT2D eigenvalue weighted by Gasteiger charge is 2.41. The van der Waals surface area contributed by atoms with Gasteiger partial charge in [-0.1, -0.05) is 6.07 Å². The molecule has 5 heteroatoms. The van der Waals surface area contributed by atoms with Crippen molar-refractivity contribution in [2.45, 2.75) is 25.5 Å². The number of halogens is 1. The van der Waals surface area contributed by atoms with E-state index in [1.807, 2.05) is 6.07 Å². The van der Waals surface area contributed by atoms with E-state index in [1.165, 1.54) is 6.07 Å². The highest BCUT2D eigenvalue weighted by Crippen LogP contribution is 2.33. The van der Waals surface area contributed by atoms with Crippen LogP contribution in [-0.4, -0.2) is 43.2 Å². The number of rotatable bonds is 1. The molecule has 2 aliphatic rings. The van der Waals surface area contributed by atoms with Crippen molar-refractivity contribution in [3.63, 3.8) is 0 Å². The second-order valence-electron chi connectivity index (χ2n) is 6.17. The lowest BCUT2D eigenvalue weighted by Gasteiger charge is -2.50. The number of nitrogens with zero attached hydrogens (tertiary/aromatic N) is 2. The molecule has 1 aromatic carbocycles. The molecule has 2 atom stereocenters. The van der Waals surface area contributed by atoms with Gasteiger partial charge in [0.2, 0.25) is 0 Å². The minimum atomic E-state index is -0.457. The molecule has 1 aromatic rings. The van der Waals surface area contributed by atoms with Crippen LogP contribution in [-0.2, 0) is 4.74 Å². The van der Waals surface area contributed by atoms with Crippen LogP contribution >= 0.6 is 0 Å². The average molecular weight is 289 g/mol. The molecule has 2 aliphatic heterocycles. The molecule has 2 fully saturated rings. The molecule has 0 radical (unpaired) electrons. The topological polar surface area (TPSA) is 48.3 Å². The van der Waals surface area contributed by atoms with Crippen LogP contribution in [0.4, 0.5) is 4.39 Å². The van der Waals surface area contributed by atoms with E-state index in [9.17, 15) is 4.39 Å². The molecular weight excluding hydrogens is 269 g/mol. The van der Waals surface area contributed by atoms with Crippen molar-refractivity contribution < 1.29 is 9.13 Å². The monoisotopic (exact) mass is 289 g/mol. The van der Waals surface area contributed by atoms with Crippen molar-refractivity contribution in [2.75, 3.05) is 32.8 Å². The first-order valence-corrected chi connectivity index (χ1v) is 7.31. The molecule has 0 aromatic heterocycles. The predicted octanol–water partition coefficient (Wildman–Crippen LogP) is 1.74. The zero-order valence-electron chi connectivity index (χ0n) is 12.4. The highest BCUT2D eigenvalue weighted by molar-refractivity contribution is 5.44. The zero-order valence-corrected chi connectivity index (χ0v) is 12.4. The summed E-state index contributed by atoms with van der Waals surface area (Å²) in [7, 11) is 0. The maximum atomic E-state index is 13.6. The molecule has 2 heterocycles. The van der Waals surface area contributed by atoms with Crippen LogP contribution in [0.3, 0.4) is 0 Å². The highest BCUT2D eigenvalue weighted by atomic mass is 19.1. The van der Waals surface area contributed by atoms with Gasteiger partial charge in [0, 0.05) is 26.2 Å². The molecule has 0 aliphatic carbocycles. The van der Waals surface area contributed by atoms with Crippen LogP contribution in [0, 0.1) is 24.1 Å². The number of piperazine rings is 1. The SMILES string of the molecule is Cc1c([C@H]2CN3CCNC[C@]3(C)CO2)ccc(F)c1C#N. The maximum absolute atomic E-state index is 13.6. The predicted molar refractivity (Wildman–Crippen MR) is 77.4 cm³/mol. The van der Waals surface area contributed by atoms with Crippen molar-refractivity contribution in [3.8, 4) is 6.07 Å². The molecular formula is C16H20FN3O. The summed E-state index contributed by atoms with van der Waals surface area (Å²) in [5, 5.41) is 12.5. The first-order valence-electron chi connectivity index (χ1n) is 7.31. The number of benzene rings is 1. The lowest BCUT2D eigenvalue weighted by Crippen LogP contribution is -2.65. The van der Waals surface area contributed by atoms with Crippen LogP contribution < -0.4 is 5.32 Å². The van der Waals surface area contributed by atoms with Gasteiger partial charge in [-0.3, -0.25) is 4.90 Å². The third-order valence-electron chi connectivity index (χ3n) is 4.72. The van der Waals surface area contributed by atoms with E-state index in [1.54, 1.807) is 13.0 Å². The Hall–Kier alpha value is -1.48. The summed E-state index contributed by atoms with van der Waals surface area (Å²) in [6, 6.07) is 5.07. The molecule has 2 saturated heterocycles. The fourth-order valence-electron chi connectivity index (χ4n) is 3.31. The summed E-state index contributed by atoms with van der Waals surface area (Å²) >= 11 is 0. The van der Waals surface area contributed by atoms with Crippen molar-refractivity contribution in [1.29, 1.82) is 5.26 Å². The van der Waals surface area contributed by atoms with Crippen molar-refractivity contribution >= 4 is 0 Å². The molecule has 21 heavy (non-hydrogen) atoms. The Balaban J connectivity index is 1.88. The van der Waals surface area contributed by atoms with E-state index < -0.39 is 5.82 Å². The molecule has 0 saturated carbocycles. The molecule has 4 nitrogen and oxygen atoms in total. The normalized spacial score (nSPS) is 29.7. The summed E-state index contributed by atoms with van der Waals surface area (Å²) in [6.07, 6.45) is -0.0936. The van der Waals surface area contributed by atoms with Gasteiger partial charge in [0.25, 0.3) is 0 Å². The third-order valence-corrected chi connectivity index (χ3v) is 4.72. The van der Waals surface area contributed by atoms with Gasteiger partial charge in [0.1, 0.15) is 11.9 Å². The number of nitrogens with one attached hydrogen (secondary N) is 1. The molecule has 0 bridgehead atoms. The smallest absolute Gasteiger partial charge is 0.141 e. The second-order valence-corrected chi connectivity index (χ2v) is 6.17. The van der Waals surface area contributed by atoms with Gasteiger partial charge in [-0.25, -0.2) is 4.39 Å². The van der Waals surface area contributed by atoms with E-state index >= 15 is 0 Å². The van der Waals surface area contributed by atoms with Gasteiger partial charge in [-0.15, -0.1) is 0 Å². The number of hydrogen-bond donors (Lipinski definition) is 1. The Morgan fingerprint density at radius 2 is 2.33 bits per heavy atom. The van der Waals surface area contributed by atoms with Crippen LogP contribution in [0.1, 0.15) is 29.7 Å². The van der Waals surface area contributed by atoms with Gasteiger partial charge in [0.05, 0.1) is 23.8 Å².